The highest BCUT2D eigenvalue weighted by Gasteiger charge is 2.32. The highest BCUT2D eigenvalue weighted by molar-refractivity contribution is 8.24. The molecule has 0 bridgehead atoms. The van der Waals surface area contributed by atoms with E-state index in [9.17, 15) is 18.9 Å². The number of fused-ring (bicyclic) bond motifs is 19. The van der Waals surface area contributed by atoms with Gasteiger partial charge in [0, 0.05) is 39.7 Å². The first kappa shape index (κ1) is 80.1. The molecule has 0 saturated carbocycles. The predicted octanol–water partition coefficient (Wildman–Crippen LogP) is 28.0. The van der Waals surface area contributed by atoms with Gasteiger partial charge in [-0.05, 0) is 220 Å². The number of nitrogen functional groups attached to an aromatic ring is 2. The molecule has 0 atom stereocenters. The third-order valence-corrected chi connectivity index (χ3v) is 22.5. The first-order valence-electron chi connectivity index (χ1n) is 39.6. The van der Waals surface area contributed by atoms with Crippen LogP contribution in [-0.4, -0.2) is 48.3 Å². The number of halogens is 4. The van der Waals surface area contributed by atoms with Crippen molar-refractivity contribution in [2.45, 2.75) is 106 Å². The second-order valence-corrected chi connectivity index (χ2v) is 39.3. The molecular weight excluding hydrogens is 1570 g/mol. The van der Waals surface area contributed by atoms with Crippen LogP contribution in [0, 0.1) is 5.92 Å². The molecule has 0 aliphatic heterocycles. The van der Waals surface area contributed by atoms with Gasteiger partial charge in [0.05, 0.1) is 68.2 Å². The van der Waals surface area contributed by atoms with Gasteiger partial charge in [-0.25, -0.2) is 29.7 Å². The van der Waals surface area contributed by atoms with Crippen LogP contribution in [0.15, 0.2) is 235 Å². The molecule has 118 heavy (non-hydrogen) atoms. The van der Waals surface area contributed by atoms with E-state index in [0.717, 1.165) is 77.6 Å². The van der Waals surface area contributed by atoms with Crippen LogP contribution in [-0.2, 0) is 24.3 Å². The predicted molar refractivity (Wildman–Crippen MR) is 495 cm³/mol. The number of nitrogens with one attached hydrogen (secondary N) is 1. The number of aromatic nitrogens is 6. The van der Waals surface area contributed by atoms with Gasteiger partial charge in [0.25, 0.3) is 5.56 Å². The number of aromatic amines is 1. The van der Waals surface area contributed by atoms with Crippen molar-refractivity contribution >= 4 is 161 Å². The van der Waals surface area contributed by atoms with Gasteiger partial charge in [0.1, 0.15) is 5.69 Å². The smallest absolute Gasteiger partial charge is 0.374 e. The summed E-state index contributed by atoms with van der Waals surface area (Å²) in [6.07, 6.45) is 0. The summed E-state index contributed by atoms with van der Waals surface area (Å²) in [7, 11) is 0. The average molecular weight is 1650 g/mol. The van der Waals surface area contributed by atoms with Gasteiger partial charge in [-0.2, -0.15) is 0 Å². The average Bonchev–Trinajstić information content (AvgIpc) is 1.57. The Labute approximate surface area is 703 Å². The Kier molecular flexibility index (Phi) is 21.5. The van der Waals surface area contributed by atoms with Crippen LogP contribution in [0.3, 0.4) is 0 Å². The van der Waals surface area contributed by atoms with Crippen molar-refractivity contribution in [1.29, 1.82) is 0 Å². The van der Waals surface area contributed by atoms with E-state index < -0.39 is 17.0 Å². The normalized spacial score (nSPS) is 12.1. The molecule has 0 unspecified atom stereocenters. The maximum atomic E-state index is 12.4. The summed E-state index contributed by atoms with van der Waals surface area (Å²) >= 11 is 20.2. The van der Waals surface area contributed by atoms with Crippen LogP contribution in [0.5, 0.6) is 0 Å². The molecule has 13 nitrogen and oxygen atoms in total. The van der Waals surface area contributed by atoms with Crippen LogP contribution in [0.4, 0.5) is 11.4 Å². The number of nitrogens with zero attached hydrogens (tertiary/aromatic N) is 5. The third-order valence-electron chi connectivity index (χ3n) is 22.2. The number of hydrogen-bond donors (Lipinski definition) is 3. The van der Waals surface area contributed by atoms with E-state index in [1.54, 1.807) is 20.8 Å². The largest absolute Gasteiger partial charge is 0.460 e. The van der Waals surface area contributed by atoms with E-state index in [-0.39, 0.29) is 41.3 Å². The fourth-order valence-corrected chi connectivity index (χ4v) is 17.4. The minimum absolute atomic E-state index is 0.0140. The zero-order valence-electron chi connectivity index (χ0n) is 67.3. The molecule has 3 aromatic heterocycles. The lowest BCUT2D eigenvalue weighted by atomic mass is 9.82. The van der Waals surface area contributed by atoms with E-state index >= 15 is 0 Å². The molecule has 0 amide bonds. The lowest BCUT2D eigenvalue weighted by Gasteiger charge is -2.23. The summed E-state index contributed by atoms with van der Waals surface area (Å²) < 4.78 is 14.0. The molecule has 4 aliphatic carbocycles. The van der Waals surface area contributed by atoms with Crippen LogP contribution in [0.1, 0.15) is 123 Å². The lowest BCUT2D eigenvalue weighted by molar-refractivity contribution is -0.154. The number of ketones is 1. The molecule has 14 aromatic carbocycles. The van der Waals surface area contributed by atoms with Crippen molar-refractivity contribution in [3.8, 4) is 100 Å². The van der Waals surface area contributed by atoms with E-state index in [2.05, 4.69) is 309 Å². The molecule has 0 fully saturated rings. The van der Waals surface area contributed by atoms with Gasteiger partial charge in [-0.15, -0.1) is 0 Å². The summed E-state index contributed by atoms with van der Waals surface area (Å²) in [5, 5.41) is 9.59. The molecule has 0 saturated heterocycles. The number of H-pyrrole nitrogens is 1. The number of nitrogens with two attached hydrogens (primary N) is 2. The van der Waals surface area contributed by atoms with Gasteiger partial charge in [-0.1, -0.05) is 282 Å². The summed E-state index contributed by atoms with van der Waals surface area (Å²) in [6.45, 7) is 24.8. The van der Waals surface area contributed by atoms with Gasteiger partial charge in [0.15, 0.2) is 5.15 Å². The first-order chi connectivity index (χ1) is 56.5. The fraction of sp³-hybridized carbons (Fsp3) is 0.180. The molecule has 3 heterocycles. The quantitative estimate of drug-likeness (QED) is 0.0447. The monoisotopic (exact) mass is 1650 g/mol. The highest BCUT2D eigenvalue weighted by Crippen LogP contribution is 2.61. The van der Waals surface area contributed by atoms with Crippen LogP contribution in [0.2, 0.25) is 5.15 Å². The zero-order valence-corrected chi connectivity index (χ0v) is 71.3. The maximum Gasteiger partial charge on any atom is 0.374 e. The van der Waals surface area contributed by atoms with Crippen LogP contribution in [0.25, 0.3) is 187 Å². The Morgan fingerprint density at radius 3 is 1.26 bits per heavy atom. The molecule has 0 radical (unpaired) electrons. The van der Waals surface area contributed by atoms with Gasteiger partial charge in [0.2, 0.25) is 5.78 Å². The molecule has 5 N–H and O–H groups in total. The maximum absolute atomic E-state index is 12.4. The molecular formula is C100H85Cl4N8O5P. The number of carbonyl (C=O) groups is 2. The fourth-order valence-electron chi connectivity index (χ4n) is 17.0. The Morgan fingerprint density at radius 1 is 0.441 bits per heavy atom. The summed E-state index contributed by atoms with van der Waals surface area (Å²) in [6, 6.07) is 81.4. The van der Waals surface area contributed by atoms with Crippen molar-refractivity contribution < 1.29 is 18.9 Å². The second kappa shape index (κ2) is 31.6. The lowest BCUT2D eigenvalue weighted by Crippen LogP contribution is -2.21. The Morgan fingerprint density at radius 2 is 0.814 bits per heavy atom. The van der Waals surface area contributed by atoms with Crippen LogP contribution < -0.4 is 17.0 Å². The summed E-state index contributed by atoms with van der Waals surface area (Å²) in [5.41, 5.74) is 44.6. The third kappa shape index (κ3) is 14.6. The van der Waals surface area contributed by atoms with Gasteiger partial charge in [-0.3, -0.25) is 14.2 Å². The zero-order chi connectivity index (χ0) is 83.2. The SMILES string of the molecule is CC(C)c1nc2c3c4c(cccc4cc2[nH]c1=O)-c1ccccc1-3.CC(C)c1nc2c3c4c(cccc4cc2nc1-c1cc(C(C)(C)C)c2ccccc2c1)-c1ccccc1-3.CC(C)c1nc2c3c4c(cccc4cc2nc1Cl)-c1ccccc1-3.CCOC(=O)C(=O)C(C)C.Nc1cc2cccc3c2c(c1N)-c1ccccc1-3.O=P(Cl)(Cl)Cl. The summed E-state index contributed by atoms with van der Waals surface area (Å²) in [5.74, 6) is -0.873. The van der Waals surface area contributed by atoms with Crippen molar-refractivity contribution in [2.24, 2.45) is 5.92 Å². The van der Waals surface area contributed by atoms with Gasteiger partial charge < -0.3 is 21.2 Å². The minimum atomic E-state index is -3.22. The Bertz CT molecular complexity index is 7160. The number of carbonyl (C=O) groups excluding carboxylic acids is 2. The molecule has 588 valence electrons. The summed E-state index contributed by atoms with van der Waals surface area (Å²) in [4.78, 5) is 61.9. The van der Waals surface area contributed by atoms with E-state index in [4.69, 9.17) is 43.0 Å². The number of rotatable bonds is 7. The number of hydrogen-bond acceptors (Lipinski definition) is 12. The molecule has 18 heteroatoms. The minimum Gasteiger partial charge on any atom is -0.460 e. The Hall–Kier alpha value is -11.7. The standard InChI is InChI=1S/C35H30N2.C21H15ClN2.C21H16N2O.C16H12N2.C7H12O3.Cl3OP/c1-20(2)32-33(23-17-21-11-6-7-13-24(21)28(18-23)35(3,4)5)36-29-19-22-12-10-16-26-25-14-8-9-15-27(25)31(30(22)26)34(29)37-32;1-11(2)19-21(22)23-16-10-12-6-5-9-14-13-7-3-4-8-15(13)18(17(12)14)20(16)24-19;1-11(2)19-21(24)22-16-10-12-6-5-9-14-13-7-3-4-8-15(13)18(17(12)14)20(16)23-19;17-13-8-9-4-3-7-11-10-5-1-2-6-12(10)15(14(9)11)16(13)18;1-4-10-7(9)6(8)5(2)3;1-5(2,3)4/h6-20H,1-5H3;3-11H,1-2H3;3-11H,1-2H3,(H,22,24);1-8H,17-18H2;5H,4H2,1-3H3;. The van der Waals surface area contributed by atoms with E-state index in [0.29, 0.717) is 22.2 Å². The van der Waals surface area contributed by atoms with Gasteiger partial charge >= 0.3 is 11.2 Å². The number of esters is 1. The molecule has 0 spiro atoms. The van der Waals surface area contributed by atoms with E-state index in [1.807, 2.05) is 32.0 Å². The second-order valence-electron chi connectivity index (χ2n) is 32.3. The van der Waals surface area contributed by atoms with E-state index in [1.165, 1.54) is 127 Å². The molecule has 21 rings (SSSR count). The highest BCUT2D eigenvalue weighted by atomic mass is 36.0. The van der Waals surface area contributed by atoms with Crippen molar-refractivity contribution in [1.82, 2.24) is 29.9 Å². The van der Waals surface area contributed by atoms with Crippen LogP contribution >= 0.6 is 50.5 Å². The number of benzene rings is 14. The van der Waals surface area contributed by atoms with Crippen molar-refractivity contribution in [2.75, 3.05) is 18.1 Å². The number of anilines is 2. The number of ether oxygens (including phenoxy) is 1. The topological polar surface area (TPSA) is 210 Å². The first-order valence-corrected chi connectivity index (χ1v) is 44.4. The van der Waals surface area contributed by atoms with Crippen molar-refractivity contribution in [3.05, 3.63) is 269 Å². The van der Waals surface area contributed by atoms with Crippen molar-refractivity contribution in [3.63, 3.8) is 0 Å². The molecule has 17 aromatic rings. The molecule has 4 aliphatic rings. The Balaban J connectivity index is 0.000000114. The number of Topliss-reactive ketones (excluding diaryl/α,β-unsaturated/α-hetero) is 1.